The lowest BCUT2D eigenvalue weighted by Gasteiger charge is -2.22. The number of hydrogen-bond acceptors (Lipinski definition) is 2. The van der Waals surface area contributed by atoms with E-state index in [2.05, 4.69) is 29.6 Å². The van der Waals surface area contributed by atoms with Crippen molar-refractivity contribution in [2.45, 2.75) is 24.7 Å². The highest BCUT2D eigenvalue weighted by atomic mass is 16.5. The summed E-state index contributed by atoms with van der Waals surface area (Å²) >= 11 is 0. The number of nitrogens with one attached hydrogen (secondary N) is 1. The minimum atomic E-state index is 0.496. The van der Waals surface area contributed by atoms with Crippen LogP contribution in [0.5, 0.6) is 5.75 Å². The van der Waals surface area contributed by atoms with Crippen LogP contribution < -0.4 is 10.1 Å². The van der Waals surface area contributed by atoms with Gasteiger partial charge in [0.25, 0.3) is 0 Å². The Labute approximate surface area is 97.0 Å². The largest absolute Gasteiger partial charge is 0.497 e. The van der Waals surface area contributed by atoms with Crippen molar-refractivity contribution in [3.05, 3.63) is 29.8 Å². The molecule has 2 aliphatic rings. The fraction of sp³-hybridized carbons (Fsp3) is 0.571. The zero-order chi connectivity index (χ0) is 11.0. The second-order valence-corrected chi connectivity index (χ2v) is 5.07. The first-order chi connectivity index (χ1) is 7.85. The maximum atomic E-state index is 5.22. The number of rotatable bonds is 3. The van der Waals surface area contributed by atoms with Crippen LogP contribution in [0.15, 0.2) is 24.3 Å². The first-order valence-corrected chi connectivity index (χ1v) is 6.20. The normalized spacial score (nSPS) is 26.7. The molecule has 1 heterocycles. The van der Waals surface area contributed by atoms with Crippen molar-refractivity contribution in [3.63, 3.8) is 0 Å². The minimum absolute atomic E-state index is 0.496. The zero-order valence-corrected chi connectivity index (χ0v) is 9.83. The van der Waals surface area contributed by atoms with E-state index in [1.807, 2.05) is 0 Å². The van der Waals surface area contributed by atoms with Gasteiger partial charge in [-0.05, 0) is 61.4 Å². The molecule has 2 fully saturated rings. The van der Waals surface area contributed by atoms with Crippen LogP contribution in [-0.4, -0.2) is 20.2 Å². The molecular weight excluding hydrogens is 198 g/mol. The third-order valence-electron chi connectivity index (χ3n) is 4.30. The molecule has 2 nitrogen and oxygen atoms in total. The molecular formula is C14H19NO. The highest BCUT2D eigenvalue weighted by Gasteiger charge is 2.50. The second kappa shape index (κ2) is 3.77. The molecule has 1 N–H and O–H groups in total. The van der Waals surface area contributed by atoms with Crippen molar-refractivity contribution >= 4 is 0 Å². The summed E-state index contributed by atoms with van der Waals surface area (Å²) in [5.74, 6) is 1.81. The molecule has 1 aromatic carbocycles. The standard InChI is InChI=1S/C14H19NO/c1-16-13-4-2-11(3-5-13)14(7-8-14)12-6-9-15-10-12/h2-5,12,15H,6-10H2,1H3. The molecule has 0 radical (unpaired) electrons. The highest BCUT2D eigenvalue weighted by molar-refractivity contribution is 5.37. The van der Waals surface area contributed by atoms with Crippen molar-refractivity contribution in [2.75, 3.05) is 20.2 Å². The first kappa shape index (κ1) is 10.2. The Morgan fingerprint density at radius 2 is 2.00 bits per heavy atom. The summed E-state index contributed by atoms with van der Waals surface area (Å²) in [5.41, 5.74) is 2.01. The number of benzene rings is 1. The smallest absolute Gasteiger partial charge is 0.118 e. The predicted molar refractivity (Wildman–Crippen MR) is 64.9 cm³/mol. The van der Waals surface area contributed by atoms with Gasteiger partial charge in [-0.25, -0.2) is 0 Å². The minimum Gasteiger partial charge on any atom is -0.497 e. The Morgan fingerprint density at radius 3 is 2.50 bits per heavy atom. The molecule has 0 spiro atoms. The Morgan fingerprint density at radius 1 is 1.25 bits per heavy atom. The van der Waals surface area contributed by atoms with E-state index in [-0.39, 0.29) is 0 Å². The monoisotopic (exact) mass is 217 g/mol. The predicted octanol–water partition coefficient (Wildman–Crippen LogP) is 2.34. The van der Waals surface area contributed by atoms with Crippen LogP contribution in [0.3, 0.4) is 0 Å². The van der Waals surface area contributed by atoms with E-state index in [1.54, 1.807) is 7.11 Å². The molecule has 1 saturated carbocycles. The van der Waals surface area contributed by atoms with Crippen molar-refractivity contribution in [3.8, 4) is 5.75 Å². The van der Waals surface area contributed by atoms with Crippen molar-refractivity contribution < 1.29 is 4.74 Å². The van der Waals surface area contributed by atoms with Crippen molar-refractivity contribution in [2.24, 2.45) is 5.92 Å². The third-order valence-corrected chi connectivity index (χ3v) is 4.30. The maximum Gasteiger partial charge on any atom is 0.118 e. The van der Waals surface area contributed by atoms with E-state index in [0.717, 1.165) is 11.7 Å². The molecule has 1 unspecified atom stereocenters. The Bertz CT molecular complexity index is 361. The van der Waals surface area contributed by atoms with Crippen LogP contribution in [0.4, 0.5) is 0 Å². The molecule has 1 atom stereocenters. The molecule has 0 amide bonds. The zero-order valence-electron chi connectivity index (χ0n) is 9.83. The fourth-order valence-electron chi connectivity index (χ4n) is 3.12. The molecule has 0 bridgehead atoms. The van der Waals surface area contributed by atoms with Gasteiger partial charge in [-0.1, -0.05) is 12.1 Å². The van der Waals surface area contributed by atoms with Gasteiger partial charge >= 0.3 is 0 Å². The van der Waals surface area contributed by atoms with Gasteiger partial charge in [0.15, 0.2) is 0 Å². The van der Waals surface area contributed by atoms with Gasteiger partial charge in [-0.15, -0.1) is 0 Å². The van der Waals surface area contributed by atoms with E-state index in [0.29, 0.717) is 5.41 Å². The van der Waals surface area contributed by atoms with Gasteiger partial charge in [0.05, 0.1) is 7.11 Å². The fourth-order valence-corrected chi connectivity index (χ4v) is 3.12. The van der Waals surface area contributed by atoms with Gasteiger partial charge < -0.3 is 10.1 Å². The van der Waals surface area contributed by atoms with E-state index in [9.17, 15) is 0 Å². The van der Waals surface area contributed by atoms with Crippen LogP contribution >= 0.6 is 0 Å². The quantitative estimate of drug-likeness (QED) is 0.839. The van der Waals surface area contributed by atoms with Crippen LogP contribution in [0.1, 0.15) is 24.8 Å². The van der Waals surface area contributed by atoms with E-state index >= 15 is 0 Å². The summed E-state index contributed by atoms with van der Waals surface area (Å²) < 4.78 is 5.22. The van der Waals surface area contributed by atoms with Crippen molar-refractivity contribution in [1.29, 1.82) is 0 Å². The van der Waals surface area contributed by atoms with E-state index in [4.69, 9.17) is 4.74 Å². The Kier molecular flexibility index (Phi) is 2.40. The van der Waals surface area contributed by atoms with Gasteiger partial charge in [0.2, 0.25) is 0 Å². The molecule has 1 aliphatic heterocycles. The Balaban J connectivity index is 1.84. The summed E-state index contributed by atoms with van der Waals surface area (Å²) in [6.07, 6.45) is 4.07. The lowest BCUT2D eigenvalue weighted by atomic mass is 9.82. The lowest BCUT2D eigenvalue weighted by molar-refractivity contribution is 0.412. The topological polar surface area (TPSA) is 21.3 Å². The Hall–Kier alpha value is -1.02. The summed E-state index contributed by atoms with van der Waals surface area (Å²) in [7, 11) is 1.72. The highest BCUT2D eigenvalue weighted by Crippen LogP contribution is 2.55. The summed E-state index contributed by atoms with van der Waals surface area (Å²) in [5, 5.41) is 3.49. The van der Waals surface area contributed by atoms with Gasteiger partial charge in [-0.3, -0.25) is 0 Å². The van der Waals surface area contributed by atoms with Gasteiger partial charge in [0.1, 0.15) is 5.75 Å². The average Bonchev–Trinajstić information content (AvgIpc) is 2.97. The summed E-state index contributed by atoms with van der Waals surface area (Å²) in [6, 6.07) is 8.70. The lowest BCUT2D eigenvalue weighted by Crippen LogP contribution is -2.22. The van der Waals surface area contributed by atoms with Crippen LogP contribution in [0.25, 0.3) is 0 Å². The number of methoxy groups -OCH3 is 1. The second-order valence-electron chi connectivity index (χ2n) is 5.07. The van der Waals surface area contributed by atoms with Gasteiger partial charge in [0, 0.05) is 0 Å². The van der Waals surface area contributed by atoms with Crippen molar-refractivity contribution in [1.82, 2.24) is 5.32 Å². The molecule has 1 saturated heterocycles. The summed E-state index contributed by atoms with van der Waals surface area (Å²) in [4.78, 5) is 0. The average molecular weight is 217 g/mol. The first-order valence-electron chi connectivity index (χ1n) is 6.20. The molecule has 0 aromatic heterocycles. The summed E-state index contributed by atoms with van der Waals surface area (Å²) in [6.45, 7) is 2.40. The van der Waals surface area contributed by atoms with E-state index < -0.39 is 0 Å². The third kappa shape index (κ3) is 1.52. The van der Waals surface area contributed by atoms with Crippen LogP contribution in [0.2, 0.25) is 0 Å². The molecule has 2 heteroatoms. The number of hydrogen-bond donors (Lipinski definition) is 1. The number of ether oxygens (including phenoxy) is 1. The molecule has 86 valence electrons. The van der Waals surface area contributed by atoms with Crippen LogP contribution in [0, 0.1) is 5.92 Å². The van der Waals surface area contributed by atoms with E-state index in [1.165, 1.54) is 37.9 Å². The molecule has 1 aromatic rings. The molecule has 16 heavy (non-hydrogen) atoms. The molecule has 3 rings (SSSR count). The van der Waals surface area contributed by atoms with Gasteiger partial charge in [-0.2, -0.15) is 0 Å². The molecule has 1 aliphatic carbocycles. The van der Waals surface area contributed by atoms with Crippen LogP contribution in [-0.2, 0) is 5.41 Å². The SMILES string of the molecule is COc1ccc(C2(C3CCNC3)CC2)cc1. The maximum absolute atomic E-state index is 5.22.